The monoisotopic (exact) mass is 1300 g/mol. The van der Waals surface area contributed by atoms with Crippen LogP contribution >= 0.6 is 0 Å². The second-order valence-electron chi connectivity index (χ2n) is 28.7. The average molecular weight is 1310 g/mol. The number of hydrogen-bond acceptors (Lipinski definition) is 4. The molecule has 2 aliphatic rings. The van der Waals surface area contributed by atoms with Gasteiger partial charge in [-0.05, 0) is 210 Å². The minimum absolute atomic E-state index is 0.0646. The lowest BCUT2D eigenvalue weighted by Gasteiger charge is -2.22. The molecule has 0 atom stereocenters. The molecule has 20 aromatic rings. The van der Waals surface area contributed by atoms with Gasteiger partial charge in [-0.15, -0.1) is 0 Å². The molecule has 6 heterocycles. The van der Waals surface area contributed by atoms with Gasteiger partial charge in [-0.2, -0.15) is 0 Å². The Labute approximate surface area is 588 Å². The molecule has 480 valence electrons. The fraction of sp³-hybridized carbons (Fsp3) is 0.0638. The molecular formula is C94H64N8. The van der Waals surface area contributed by atoms with E-state index in [0.717, 1.165) is 33.7 Å². The van der Waals surface area contributed by atoms with Gasteiger partial charge in [-0.1, -0.05) is 185 Å². The van der Waals surface area contributed by atoms with Crippen molar-refractivity contribution in [2.24, 2.45) is 0 Å². The van der Waals surface area contributed by atoms with Gasteiger partial charge in [0.25, 0.3) is 0 Å². The fourth-order valence-corrected chi connectivity index (χ4v) is 17.6. The van der Waals surface area contributed by atoms with Crippen LogP contribution in [0.4, 0.5) is 0 Å². The minimum atomic E-state index is -0.106. The minimum Gasteiger partial charge on any atom is -0.309 e. The highest BCUT2D eigenvalue weighted by molar-refractivity contribution is 6.15. The van der Waals surface area contributed by atoms with E-state index in [1.165, 1.54) is 165 Å². The van der Waals surface area contributed by atoms with Gasteiger partial charge in [0.2, 0.25) is 0 Å². The van der Waals surface area contributed by atoms with E-state index < -0.39 is 0 Å². The van der Waals surface area contributed by atoms with Gasteiger partial charge in [0.05, 0.1) is 56.5 Å². The molecule has 0 aliphatic heterocycles. The normalized spacial score (nSPS) is 13.5. The molecule has 8 nitrogen and oxygen atoms in total. The summed E-state index contributed by atoms with van der Waals surface area (Å²) in [6.07, 6.45) is 10.6. The Bertz CT molecular complexity index is 6940. The zero-order valence-corrected chi connectivity index (χ0v) is 56.6. The smallest absolute Gasteiger partial charge is 0.156 e. The number of para-hydroxylation sites is 4. The topological polar surface area (TPSA) is 71.3 Å². The first kappa shape index (κ1) is 58.0. The average Bonchev–Trinajstić information content (AvgIpc) is 1.57. The quantitative estimate of drug-likeness (QED) is 0.166. The van der Waals surface area contributed by atoms with Crippen LogP contribution < -0.4 is 0 Å². The first-order valence-corrected chi connectivity index (χ1v) is 35.1. The molecule has 102 heavy (non-hydrogen) atoms. The van der Waals surface area contributed by atoms with E-state index in [9.17, 15) is 0 Å². The summed E-state index contributed by atoms with van der Waals surface area (Å²) in [7, 11) is 0. The van der Waals surface area contributed by atoms with Gasteiger partial charge in [0.15, 0.2) is 11.6 Å². The zero-order chi connectivity index (χ0) is 67.7. The Morgan fingerprint density at radius 2 is 0.559 bits per heavy atom. The zero-order valence-electron chi connectivity index (χ0n) is 56.6. The van der Waals surface area contributed by atoms with Gasteiger partial charge >= 0.3 is 0 Å². The molecule has 0 N–H and O–H groups in total. The van der Waals surface area contributed by atoms with Crippen molar-refractivity contribution in [3.63, 3.8) is 0 Å². The maximum Gasteiger partial charge on any atom is 0.156 e. The predicted molar refractivity (Wildman–Crippen MR) is 422 cm³/mol. The summed E-state index contributed by atoms with van der Waals surface area (Å²) in [4.78, 5) is 18.0. The van der Waals surface area contributed by atoms with Crippen LogP contribution in [0.2, 0.25) is 0 Å². The van der Waals surface area contributed by atoms with Crippen LogP contribution in [-0.4, -0.2) is 38.2 Å². The number of hydrogen-bond donors (Lipinski definition) is 0. The van der Waals surface area contributed by atoms with E-state index in [2.05, 4.69) is 345 Å². The van der Waals surface area contributed by atoms with Gasteiger partial charge in [0, 0.05) is 90.1 Å². The lowest BCUT2D eigenvalue weighted by Crippen LogP contribution is -2.15. The van der Waals surface area contributed by atoms with E-state index >= 15 is 0 Å². The molecule has 8 heteroatoms. The second-order valence-corrected chi connectivity index (χ2v) is 28.7. The molecular weight excluding hydrogens is 1240 g/mol. The molecule has 0 saturated carbocycles. The molecule has 0 amide bonds. The molecule has 0 spiro atoms. The van der Waals surface area contributed by atoms with E-state index in [-0.39, 0.29) is 10.8 Å². The third-order valence-electron chi connectivity index (χ3n) is 22.5. The molecule has 0 saturated heterocycles. The van der Waals surface area contributed by atoms with Crippen molar-refractivity contribution in [1.82, 2.24) is 38.2 Å². The highest BCUT2D eigenvalue weighted by Crippen LogP contribution is 2.53. The van der Waals surface area contributed by atoms with Crippen molar-refractivity contribution in [3.05, 3.63) is 338 Å². The Morgan fingerprint density at radius 3 is 0.980 bits per heavy atom. The molecule has 0 fully saturated rings. The summed E-state index contributed by atoms with van der Waals surface area (Å²) < 4.78 is 9.30. The molecule has 14 aromatic carbocycles. The van der Waals surface area contributed by atoms with E-state index in [4.69, 9.17) is 0 Å². The molecule has 22 rings (SSSR count). The number of nitrogens with zero attached hydrogens (tertiary/aromatic N) is 8. The Balaban J connectivity index is 0.000000133. The van der Waals surface area contributed by atoms with E-state index in [1.807, 2.05) is 12.4 Å². The molecule has 0 radical (unpaired) electrons. The maximum atomic E-state index is 4.64. The third-order valence-corrected chi connectivity index (χ3v) is 22.5. The van der Waals surface area contributed by atoms with Gasteiger partial charge in [-0.3, -0.25) is 19.1 Å². The van der Waals surface area contributed by atoms with Gasteiger partial charge in [0.1, 0.15) is 0 Å². The summed E-state index contributed by atoms with van der Waals surface area (Å²) in [5, 5.41) is 15.0. The van der Waals surface area contributed by atoms with Crippen LogP contribution in [0, 0.1) is 0 Å². The molecule has 2 aliphatic carbocycles. The van der Waals surface area contributed by atoms with Crippen molar-refractivity contribution in [1.29, 1.82) is 0 Å². The third kappa shape index (κ3) is 8.50. The summed E-state index contributed by atoms with van der Waals surface area (Å²) in [5.41, 5.74) is 27.2. The number of aromatic nitrogens is 8. The number of rotatable bonds is 6. The number of benzene rings is 14. The Kier molecular flexibility index (Phi) is 12.4. The largest absolute Gasteiger partial charge is 0.309 e. The van der Waals surface area contributed by atoms with Gasteiger partial charge < -0.3 is 9.13 Å². The van der Waals surface area contributed by atoms with E-state index in [0.29, 0.717) is 0 Å². The lowest BCUT2D eigenvalue weighted by atomic mass is 9.81. The van der Waals surface area contributed by atoms with Crippen molar-refractivity contribution < 1.29 is 0 Å². The SMILES string of the molecule is CC1(C)c2cc(-n3c4ccccc4c4cc(-c5ccc6c(c5)c5ccccc5n6-c5cnccn5)ccc43)ccc2-c2cc3ccccc3cc21.CC1(C)c2ccc(-n3c4ccccc4c4cc(-c5ccc6c(c5)c5ccccc5n6-c5cnccn5)ccc43)cc2-c2cc3ccccc3cc21. The lowest BCUT2D eigenvalue weighted by molar-refractivity contribution is 0.660. The summed E-state index contributed by atoms with van der Waals surface area (Å²) in [6, 6.07) is 103. The van der Waals surface area contributed by atoms with Crippen molar-refractivity contribution in [2.75, 3.05) is 0 Å². The van der Waals surface area contributed by atoms with Crippen molar-refractivity contribution in [3.8, 4) is 67.5 Å². The van der Waals surface area contributed by atoms with E-state index in [1.54, 1.807) is 24.8 Å². The molecule has 0 bridgehead atoms. The van der Waals surface area contributed by atoms with Crippen molar-refractivity contribution >= 4 is 109 Å². The number of fused-ring (bicyclic) bond motifs is 20. The highest BCUT2D eigenvalue weighted by Gasteiger charge is 2.38. The van der Waals surface area contributed by atoms with Crippen LogP contribution in [0.15, 0.2) is 316 Å². The summed E-state index contributed by atoms with van der Waals surface area (Å²) in [6.45, 7) is 9.46. The standard InChI is InChI=1S/2C47H32N4/c1-47(2)40-26-30-10-4-3-9-29(30)23-37(40)34-18-17-33(27-41(34)47)50-42-13-7-5-11-35(42)38-24-31(15-19-44(38)50)32-16-20-45-39(25-32)36-12-6-8-14-43(36)51(45)46-28-48-21-22-49-46;1-47(2)40-18-17-33(27-37(40)36-23-29-9-3-4-10-30(29)26-41(36)47)50-42-13-7-5-11-34(42)38-24-31(15-19-44(38)50)32-16-20-45-39(25-32)35-12-6-8-14-43(35)51(45)46-28-48-21-22-49-46/h2*3-28H,1-2H3. The molecule has 6 aromatic heterocycles. The van der Waals surface area contributed by atoms with Crippen LogP contribution in [0.1, 0.15) is 49.9 Å². The summed E-state index contributed by atoms with van der Waals surface area (Å²) in [5.74, 6) is 1.63. The maximum absolute atomic E-state index is 4.64. The predicted octanol–water partition coefficient (Wildman–Crippen LogP) is 23.6. The van der Waals surface area contributed by atoms with Crippen molar-refractivity contribution in [2.45, 2.75) is 38.5 Å². The van der Waals surface area contributed by atoms with Crippen LogP contribution in [0.25, 0.3) is 176 Å². The second kappa shape index (κ2) is 21.7. The van der Waals surface area contributed by atoms with Crippen LogP contribution in [0.5, 0.6) is 0 Å². The summed E-state index contributed by atoms with van der Waals surface area (Å²) >= 11 is 0. The Morgan fingerprint density at radius 1 is 0.235 bits per heavy atom. The fourth-order valence-electron chi connectivity index (χ4n) is 17.6. The Hall–Kier alpha value is -13.0. The first-order valence-electron chi connectivity index (χ1n) is 35.1. The molecule has 0 unspecified atom stereocenters. The van der Waals surface area contributed by atoms with Crippen LogP contribution in [-0.2, 0) is 10.8 Å². The van der Waals surface area contributed by atoms with Crippen LogP contribution in [0.3, 0.4) is 0 Å². The highest BCUT2D eigenvalue weighted by atomic mass is 15.1. The van der Waals surface area contributed by atoms with Gasteiger partial charge in [-0.25, -0.2) is 9.97 Å². The first-order chi connectivity index (χ1) is 50.1.